The molecule has 1 atom stereocenters. The fourth-order valence-electron chi connectivity index (χ4n) is 5.70. The molecule has 1 aromatic heterocycles. The molecule has 1 amide bonds. The topological polar surface area (TPSA) is 92.2 Å². The van der Waals surface area contributed by atoms with E-state index in [1.165, 1.54) is 18.1 Å². The third-order valence-corrected chi connectivity index (χ3v) is 7.63. The highest BCUT2D eigenvalue weighted by atomic mass is 19.1. The number of aromatic nitrogens is 1. The van der Waals surface area contributed by atoms with Crippen LogP contribution in [0.5, 0.6) is 5.75 Å². The van der Waals surface area contributed by atoms with E-state index >= 15 is 0 Å². The fraction of sp³-hybridized carbons (Fsp3) is 0.552. The summed E-state index contributed by atoms with van der Waals surface area (Å²) < 4.78 is 24.7. The van der Waals surface area contributed by atoms with Crippen molar-refractivity contribution < 1.29 is 28.6 Å². The Labute approximate surface area is 223 Å². The molecule has 8 nitrogen and oxygen atoms in total. The highest BCUT2D eigenvalue weighted by molar-refractivity contribution is 5.86. The minimum Gasteiger partial charge on any atom is -0.494 e. The number of unbranched alkanes of at least 4 members (excludes halogenated alkanes) is 1. The summed E-state index contributed by atoms with van der Waals surface area (Å²) in [5.41, 5.74) is 2.78. The van der Waals surface area contributed by atoms with Gasteiger partial charge >= 0.3 is 12.1 Å². The zero-order valence-corrected chi connectivity index (χ0v) is 22.5. The van der Waals surface area contributed by atoms with Gasteiger partial charge in [0.05, 0.1) is 20.1 Å². The van der Waals surface area contributed by atoms with Crippen molar-refractivity contribution >= 4 is 17.9 Å². The molecule has 1 aromatic carbocycles. The van der Waals surface area contributed by atoms with Gasteiger partial charge in [-0.05, 0) is 73.8 Å². The molecule has 1 saturated heterocycles. The normalized spacial score (nSPS) is 17.3. The Morgan fingerprint density at radius 1 is 1.21 bits per heavy atom. The van der Waals surface area contributed by atoms with Gasteiger partial charge in [-0.2, -0.15) is 0 Å². The number of carbonyl (C=O) groups is 2. The van der Waals surface area contributed by atoms with Gasteiger partial charge in [-0.15, -0.1) is 0 Å². The number of fused-ring (bicyclic) bond motifs is 1. The Kier molecular flexibility index (Phi) is 8.87. The van der Waals surface area contributed by atoms with Crippen LogP contribution in [0.2, 0.25) is 0 Å². The number of amides is 1. The molecule has 0 radical (unpaired) electrons. The van der Waals surface area contributed by atoms with Gasteiger partial charge in [0.25, 0.3) is 0 Å². The Morgan fingerprint density at radius 2 is 2.00 bits per heavy atom. The molecule has 9 heteroatoms. The van der Waals surface area contributed by atoms with Crippen molar-refractivity contribution in [2.45, 2.75) is 64.8 Å². The Balaban J connectivity index is 1.32. The summed E-state index contributed by atoms with van der Waals surface area (Å²) in [5, 5.41) is 9.49. The maximum absolute atomic E-state index is 14.4. The third-order valence-electron chi connectivity index (χ3n) is 7.63. The van der Waals surface area contributed by atoms with Crippen molar-refractivity contribution in [3.05, 3.63) is 53.0 Å². The monoisotopic (exact) mass is 527 g/mol. The number of methoxy groups -OCH3 is 1. The van der Waals surface area contributed by atoms with Crippen molar-refractivity contribution in [2.75, 3.05) is 38.3 Å². The molecular formula is C29H38FN3O5. The lowest BCUT2D eigenvalue weighted by molar-refractivity contribution is -0.146. The molecule has 0 bridgehead atoms. The zero-order chi connectivity index (χ0) is 27.3. The SMILES string of the molecule is CCOC(=O)C[C@@H](c1ccc(OC)c(F)c1)N1CC(C)(CCCCc2ccc3c(n2)N(C(=O)O)CCC3)C1. The summed E-state index contributed by atoms with van der Waals surface area (Å²) in [7, 11) is 1.43. The number of anilines is 1. The van der Waals surface area contributed by atoms with Crippen LogP contribution in [0.3, 0.4) is 0 Å². The number of likely N-dealkylation sites (tertiary alicyclic amines) is 1. The van der Waals surface area contributed by atoms with Crippen LogP contribution < -0.4 is 9.64 Å². The Hall–Kier alpha value is -3.20. The van der Waals surface area contributed by atoms with E-state index in [9.17, 15) is 19.1 Å². The number of halogens is 1. The van der Waals surface area contributed by atoms with Crippen LogP contribution >= 0.6 is 0 Å². The highest BCUT2D eigenvalue weighted by Gasteiger charge is 2.42. The van der Waals surface area contributed by atoms with Gasteiger partial charge in [0.2, 0.25) is 0 Å². The van der Waals surface area contributed by atoms with E-state index in [1.807, 2.05) is 18.2 Å². The van der Waals surface area contributed by atoms with E-state index in [0.717, 1.165) is 68.4 Å². The largest absolute Gasteiger partial charge is 0.494 e. The van der Waals surface area contributed by atoms with Gasteiger partial charge in [-0.1, -0.05) is 25.5 Å². The van der Waals surface area contributed by atoms with Gasteiger partial charge in [-0.3, -0.25) is 14.6 Å². The molecule has 0 aliphatic carbocycles. The van der Waals surface area contributed by atoms with E-state index in [4.69, 9.17) is 9.47 Å². The molecule has 206 valence electrons. The fourth-order valence-corrected chi connectivity index (χ4v) is 5.70. The number of carbonyl (C=O) groups excluding carboxylic acids is 1. The number of ether oxygens (including phenoxy) is 2. The molecule has 0 spiro atoms. The molecule has 1 N–H and O–H groups in total. The number of carboxylic acid groups (broad SMARTS) is 1. The van der Waals surface area contributed by atoms with Crippen LogP contribution in [0, 0.1) is 11.2 Å². The minimum atomic E-state index is -0.947. The van der Waals surface area contributed by atoms with Gasteiger partial charge in [0, 0.05) is 31.4 Å². The van der Waals surface area contributed by atoms with Crippen LogP contribution in [0.1, 0.15) is 68.8 Å². The van der Waals surface area contributed by atoms with E-state index < -0.39 is 11.9 Å². The number of hydrogen-bond donors (Lipinski definition) is 1. The number of benzene rings is 1. The Bertz CT molecular complexity index is 1150. The van der Waals surface area contributed by atoms with Crippen molar-refractivity contribution in [3.63, 3.8) is 0 Å². The van der Waals surface area contributed by atoms with Crippen molar-refractivity contribution in [1.82, 2.24) is 9.88 Å². The summed E-state index contributed by atoms with van der Waals surface area (Å²) in [4.78, 5) is 32.1. The van der Waals surface area contributed by atoms with Crippen molar-refractivity contribution in [2.24, 2.45) is 5.41 Å². The van der Waals surface area contributed by atoms with Crippen LogP contribution in [0.4, 0.5) is 15.0 Å². The number of hydrogen-bond acceptors (Lipinski definition) is 6. The first-order valence-electron chi connectivity index (χ1n) is 13.5. The molecular weight excluding hydrogens is 489 g/mol. The first-order chi connectivity index (χ1) is 18.2. The average molecular weight is 528 g/mol. The van der Waals surface area contributed by atoms with Gasteiger partial charge < -0.3 is 14.6 Å². The van der Waals surface area contributed by atoms with Crippen LogP contribution in [-0.2, 0) is 22.4 Å². The zero-order valence-electron chi connectivity index (χ0n) is 22.5. The van der Waals surface area contributed by atoms with Crippen LogP contribution in [-0.4, -0.2) is 60.4 Å². The smallest absolute Gasteiger partial charge is 0.413 e. The van der Waals surface area contributed by atoms with E-state index in [1.54, 1.807) is 13.0 Å². The lowest BCUT2D eigenvalue weighted by atomic mass is 9.75. The number of pyridine rings is 1. The van der Waals surface area contributed by atoms with Crippen LogP contribution in [0.25, 0.3) is 0 Å². The van der Waals surface area contributed by atoms with Gasteiger partial charge in [-0.25, -0.2) is 14.2 Å². The third kappa shape index (κ3) is 6.43. The second-order valence-corrected chi connectivity index (χ2v) is 10.7. The molecule has 0 unspecified atom stereocenters. The lowest BCUT2D eigenvalue weighted by Crippen LogP contribution is -2.56. The average Bonchev–Trinajstić information content (AvgIpc) is 2.88. The van der Waals surface area contributed by atoms with Gasteiger partial charge in [0.15, 0.2) is 11.6 Å². The molecule has 4 rings (SSSR count). The number of rotatable bonds is 11. The maximum Gasteiger partial charge on any atom is 0.413 e. The maximum atomic E-state index is 14.4. The number of esters is 1. The predicted molar refractivity (Wildman–Crippen MR) is 142 cm³/mol. The lowest BCUT2D eigenvalue weighted by Gasteiger charge is -2.52. The second-order valence-electron chi connectivity index (χ2n) is 10.7. The number of aryl methyl sites for hydroxylation is 2. The summed E-state index contributed by atoms with van der Waals surface area (Å²) in [6.45, 7) is 6.47. The second kappa shape index (κ2) is 12.1. The van der Waals surface area contributed by atoms with Crippen molar-refractivity contribution in [1.29, 1.82) is 0 Å². The number of nitrogens with zero attached hydrogens (tertiary/aromatic N) is 3. The standard InChI is InChI=1S/C29H38FN3O5/c1-4-38-26(34)17-24(21-11-13-25(37-3)23(30)16-21)32-18-29(2,19-32)14-6-5-9-22-12-10-20-8-7-15-33(28(35)36)27(20)31-22/h10-13,16,24H,4-9,14-15,17-19H2,1-3H3,(H,35,36)/t24-/m0/s1. The molecule has 2 aromatic rings. The van der Waals surface area contributed by atoms with Gasteiger partial charge in [0.1, 0.15) is 5.82 Å². The van der Waals surface area contributed by atoms with E-state index in [0.29, 0.717) is 19.0 Å². The molecule has 2 aliphatic rings. The molecule has 38 heavy (non-hydrogen) atoms. The molecule has 1 fully saturated rings. The van der Waals surface area contributed by atoms with Crippen LogP contribution in [0.15, 0.2) is 30.3 Å². The molecule has 2 aliphatic heterocycles. The van der Waals surface area contributed by atoms with E-state index in [-0.39, 0.29) is 29.6 Å². The van der Waals surface area contributed by atoms with Crippen molar-refractivity contribution in [3.8, 4) is 5.75 Å². The summed E-state index contributed by atoms with van der Waals surface area (Å²) in [6, 6.07) is 8.66. The predicted octanol–water partition coefficient (Wildman–Crippen LogP) is 5.39. The summed E-state index contributed by atoms with van der Waals surface area (Å²) in [5.74, 6) is 0.0392. The summed E-state index contributed by atoms with van der Waals surface area (Å²) >= 11 is 0. The van der Waals surface area contributed by atoms with E-state index in [2.05, 4.69) is 16.8 Å². The molecule has 0 saturated carbocycles. The first kappa shape index (κ1) is 27.8. The molecule has 3 heterocycles. The highest BCUT2D eigenvalue weighted by Crippen LogP contribution is 2.42. The summed E-state index contributed by atoms with van der Waals surface area (Å²) in [6.07, 6.45) is 4.72. The minimum absolute atomic E-state index is 0.112. The first-order valence-corrected chi connectivity index (χ1v) is 13.5. The quantitative estimate of drug-likeness (QED) is 0.309. The Morgan fingerprint density at radius 3 is 2.68 bits per heavy atom.